The van der Waals surface area contributed by atoms with Gasteiger partial charge in [0.15, 0.2) is 0 Å². The van der Waals surface area contributed by atoms with Gasteiger partial charge in [-0.05, 0) is 72.1 Å². The molecule has 3 rings (SSSR count). The third-order valence-electron chi connectivity index (χ3n) is 4.43. The van der Waals surface area contributed by atoms with Crippen LogP contribution in [0, 0.1) is 0 Å². The molecule has 0 bridgehead atoms. The number of halogens is 1. The number of aromatic nitrogens is 1. The second-order valence-electron chi connectivity index (χ2n) is 6.30. The molecule has 1 aliphatic rings. The molecule has 0 spiro atoms. The summed E-state index contributed by atoms with van der Waals surface area (Å²) in [6.07, 6.45) is 4.39. The summed E-state index contributed by atoms with van der Waals surface area (Å²) < 4.78 is 28.0. The van der Waals surface area contributed by atoms with Crippen molar-refractivity contribution in [3.8, 4) is 0 Å². The maximum atomic E-state index is 12.8. The predicted octanol–water partition coefficient (Wildman–Crippen LogP) is 3.66. The largest absolute Gasteiger partial charge is 0.307 e. The Bertz CT molecular complexity index is 883. The number of pyridine rings is 1. The highest BCUT2D eigenvalue weighted by atomic mass is 79.9. The van der Waals surface area contributed by atoms with Gasteiger partial charge < -0.3 is 5.32 Å². The van der Waals surface area contributed by atoms with Gasteiger partial charge in [0.25, 0.3) is 5.91 Å². The monoisotopic (exact) mass is 437 g/mol. The number of hydrogen-bond acceptors (Lipinski definition) is 4. The zero-order valence-corrected chi connectivity index (χ0v) is 16.8. The van der Waals surface area contributed by atoms with Gasteiger partial charge in [-0.25, -0.2) is 13.4 Å². The van der Waals surface area contributed by atoms with Crippen molar-refractivity contribution in [1.29, 1.82) is 0 Å². The molecular weight excluding hydrogens is 418 g/mol. The van der Waals surface area contributed by atoms with Crippen molar-refractivity contribution in [2.75, 3.05) is 11.9 Å². The molecule has 1 N–H and O–H groups in total. The van der Waals surface area contributed by atoms with Gasteiger partial charge in [0.1, 0.15) is 5.82 Å². The zero-order chi connectivity index (χ0) is 18.7. The van der Waals surface area contributed by atoms with Crippen LogP contribution in [0.3, 0.4) is 0 Å². The first kappa shape index (κ1) is 19.0. The van der Waals surface area contributed by atoms with Crippen LogP contribution in [0.1, 0.15) is 36.5 Å². The van der Waals surface area contributed by atoms with E-state index in [1.54, 1.807) is 22.6 Å². The second kappa shape index (κ2) is 7.85. The number of rotatable bonds is 4. The highest BCUT2D eigenvalue weighted by molar-refractivity contribution is 9.10. The van der Waals surface area contributed by atoms with Crippen LogP contribution in [0.15, 0.2) is 52.0 Å². The van der Waals surface area contributed by atoms with Gasteiger partial charge in [0, 0.05) is 28.8 Å². The number of piperidine rings is 1. The van der Waals surface area contributed by atoms with E-state index in [1.807, 2.05) is 6.92 Å². The summed E-state index contributed by atoms with van der Waals surface area (Å²) in [5.74, 6) is 0.0900. The summed E-state index contributed by atoms with van der Waals surface area (Å²) in [5, 5.41) is 2.68. The Hall–Kier alpha value is -1.77. The number of nitrogens with zero attached hydrogens (tertiary/aromatic N) is 2. The molecule has 1 aromatic heterocycles. The van der Waals surface area contributed by atoms with E-state index in [9.17, 15) is 13.2 Å². The number of benzene rings is 1. The van der Waals surface area contributed by atoms with Crippen molar-refractivity contribution in [3.63, 3.8) is 0 Å². The standard InChI is InChI=1S/C18H20BrN3O3S/c1-13-4-2-3-11-22(13)26(24,25)16-8-5-14(6-9-16)18(23)21-17-10-7-15(19)12-20-17/h5-10,12-13H,2-4,11H2,1H3,(H,20,21,23). The minimum absolute atomic E-state index is 0.000189. The first-order valence-electron chi connectivity index (χ1n) is 8.43. The maximum absolute atomic E-state index is 12.8. The minimum atomic E-state index is -3.53. The van der Waals surface area contributed by atoms with Crippen LogP contribution in [0.4, 0.5) is 5.82 Å². The lowest BCUT2D eigenvalue weighted by molar-refractivity contribution is 0.102. The third kappa shape index (κ3) is 4.13. The van der Waals surface area contributed by atoms with E-state index in [0.717, 1.165) is 23.7 Å². The molecule has 0 saturated carbocycles. The van der Waals surface area contributed by atoms with Crippen molar-refractivity contribution in [1.82, 2.24) is 9.29 Å². The highest BCUT2D eigenvalue weighted by Gasteiger charge is 2.30. The SMILES string of the molecule is CC1CCCCN1S(=O)(=O)c1ccc(C(=O)Nc2ccc(Br)cn2)cc1. The molecule has 1 aliphatic heterocycles. The number of anilines is 1. The number of carbonyl (C=O) groups excluding carboxylic acids is 1. The van der Waals surface area contributed by atoms with Gasteiger partial charge in [-0.2, -0.15) is 4.31 Å². The molecule has 138 valence electrons. The molecule has 26 heavy (non-hydrogen) atoms. The number of amides is 1. The van der Waals surface area contributed by atoms with E-state index in [0.29, 0.717) is 17.9 Å². The minimum Gasteiger partial charge on any atom is -0.307 e. The number of carbonyl (C=O) groups is 1. The fourth-order valence-corrected chi connectivity index (χ4v) is 4.91. The molecule has 1 saturated heterocycles. The summed E-state index contributed by atoms with van der Waals surface area (Å²) in [6, 6.07) is 9.48. The van der Waals surface area contributed by atoms with Gasteiger partial charge in [-0.15, -0.1) is 0 Å². The fourth-order valence-electron chi connectivity index (χ4n) is 2.98. The van der Waals surface area contributed by atoms with Gasteiger partial charge in [-0.1, -0.05) is 6.42 Å². The maximum Gasteiger partial charge on any atom is 0.256 e. The van der Waals surface area contributed by atoms with E-state index >= 15 is 0 Å². The summed E-state index contributed by atoms with van der Waals surface area (Å²) in [5.41, 5.74) is 0.375. The topological polar surface area (TPSA) is 79.4 Å². The van der Waals surface area contributed by atoms with Crippen LogP contribution in [-0.2, 0) is 10.0 Å². The Balaban J connectivity index is 1.75. The predicted molar refractivity (Wildman–Crippen MR) is 104 cm³/mol. The van der Waals surface area contributed by atoms with E-state index in [2.05, 4.69) is 26.2 Å². The molecule has 1 fully saturated rings. The van der Waals surface area contributed by atoms with Gasteiger partial charge in [-0.3, -0.25) is 4.79 Å². The zero-order valence-electron chi connectivity index (χ0n) is 14.4. The Morgan fingerprint density at radius 2 is 1.92 bits per heavy atom. The molecule has 2 heterocycles. The molecule has 0 aliphatic carbocycles. The Kier molecular flexibility index (Phi) is 5.74. The molecule has 1 unspecified atom stereocenters. The quantitative estimate of drug-likeness (QED) is 0.790. The Morgan fingerprint density at radius 1 is 1.19 bits per heavy atom. The molecule has 2 aromatic rings. The van der Waals surface area contributed by atoms with Crippen LogP contribution >= 0.6 is 15.9 Å². The van der Waals surface area contributed by atoms with Crippen molar-refractivity contribution in [3.05, 3.63) is 52.6 Å². The smallest absolute Gasteiger partial charge is 0.256 e. The van der Waals surface area contributed by atoms with Crippen molar-refractivity contribution >= 4 is 37.7 Å². The van der Waals surface area contributed by atoms with Crippen LogP contribution < -0.4 is 5.32 Å². The second-order valence-corrected chi connectivity index (χ2v) is 9.11. The number of hydrogen-bond donors (Lipinski definition) is 1. The first-order valence-corrected chi connectivity index (χ1v) is 10.7. The fraction of sp³-hybridized carbons (Fsp3) is 0.333. The highest BCUT2D eigenvalue weighted by Crippen LogP contribution is 2.25. The van der Waals surface area contributed by atoms with Crippen LogP contribution in [0.5, 0.6) is 0 Å². The van der Waals surface area contributed by atoms with Gasteiger partial charge >= 0.3 is 0 Å². The van der Waals surface area contributed by atoms with Crippen molar-refractivity contribution in [2.24, 2.45) is 0 Å². The van der Waals surface area contributed by atoms with E-state index in [1.165, 1.54) is 24.3 Å². The van der Waals surface area contributed by atoms with Crippen molar-refractivity contribution in [2.45, 2.75) is 37.1 Å². The molecule has 1 atom stereocenters. The van der Waals surface area contributed by atoms with E-state index in [4.69, 9.17) is 0 Å². The summed E-state index contributed by atoms with van der Waals surface area (Å²) in [4.78, 5) is 16.6. The number of sulfonamides is 1. The van der Waals surface area contributed by atoms with Crippen LogP contribution in [0.25, 0.3) is 0 Å². The van der Waals surface area contributed by atoms with E-state index in [-0.39, 0.29) is 16.8 Å². The van der Waals surface area contributed by atoms with Gasteiger partial charge in [0.05, 0.1) is 4.90 Å². The molecule has 8 heteroatoms. The Labute approximate surface area is 161 Å². The van der Waals surface area contributed by atoms with Crippen molar-refractivity contribution < 1.29 is 13.2 Å². The van der Waals surface area contributed by atoms with Crippen LogP contribution in [0.2, 0.25) is 0 Å². The van der Waals surface area contributed by atoms with E-state index < -0.39 is 10.0 Å². The summed E-state index contributed by atoms with van der Waals surface area (Å²) in [6.45, 7) is 2.48. The summed E-state index contributed by atoms with van der Waals surface area (Å²) >= 11 is 3.28. The molecular formula is C18H20BrN3O3S. The third-order valence-corrected chi connectivity index (χ3v) is 6.93. The average molecular weight is 438 g/mol. The number of nitrogens with one attached hydrogen (secondary N) is 1. The summed E-state index contributed by atoms with van der Waals surface area (Å²) in [7, 11) is -3.53. The molecule has 0 radical (unpaired) electrons. The lowest BCUT2D eigenvalue weighted by Gasteiger charge is -2.32. The lowest BCUT2D eigenvalue weighted by atomic mass is 10.1. The average Bonchev–Trinajstić information content (AvgIpc) is 2.64. The Morgan fingerprint density at radius 3 is 2.54 bits per heavy atom. The van der Waals surface area contributed by atoms with Crippen LogP contribution in [-0.4, -0.2) is 36.2 Å². The molecule has 1 amide bonds. The molecule has 6 nitrogen and oxygen atoms in total. The first-order chi connectivity index (χ1) is 12.4. The normalized spacial score (nSPS) is 18.5. The molecule has 1 aromatic carbocycles. The van der Waals surface area contributed by atoms with Gasteiger partial charge in [0.2, 0.25) is 10.0 Å². The lowest BCUT2D eigenvalue weighted by Crippen LogP contribution is -2.41.